The Labute approximate surface area is 188 Å². The van der Waals surface area contributed by atoms with E-state index in [4.69, 9.17) is 11.6 Å². The van der Waals surface area contributed by atoms with Crippen LogP contribution < -0.4 is 10.9 Å². The van der Waals surface area contributed by atoms with E-state index in [1.54, 1.807) is 36.5 Å². The fourth-order valence-corrected chi connectivity index (χ4v) is 3.79. The van der Waals surface area contributed by atoms with Gasteiger partial charge in [0, 0.05) is 28.7 Å². The molecule has 3 aromatic carbocycles. The Hall–Kier alpha value is -3.90. The number of carbonyl (C=O) groups excluding carboxylic acids is 1. The molecule has 0 saturated carbocycles. The molecule has 0 atom stereocenters. The Balaban J connectivity index is 1.52. The number of H-pyrrole nitrogens is 1. The van der Waals surface area contributed by atoms with E-state index in [1.807, 2.05) is 43.3 Å². The first-order valence-corrected chi connectivity index (χ1v) is 10.5. The van der Waals surface area contributed by atoms with Crippen LogP contribution in [0.2, 0.25) is 5.02 Å². The highest BCUT2D eigenvalue weighted by Gasteiger charge is 2.14. The van der Waals surface area contributed by atoms with Gasteiger partial charge in [0.05, 0.1) is 22.1 Å². The first-order valence-electron chi connectivity index (χ1n) is 10.1. The molecule has 2 heterocycles. The molecule has 5 rings (SSSR count). The number of aromatic amines is 1. The molecule has 5 aromatic rings. The number of carbonyl (C=O) groups is 1. The lowest BCUT2D eigenvalue weighted by Crippen LogP contribution is -2.22. The molecule has 0 aliphatic rings. The van der Waals surface area contributed by atoms with Crippen LogP contribution in [0.5, 0.6) is 0 Å². The number of nitrogens with zero attached hydrogens (tertiary/aromatic N) is 2. The summed E-state index contributed by atoms with van der Waals surface area (Å²) >= 11 is 5.91. The number of halogens is 1. The minimum Gasteiger partial charge on any atom is -0.348 e. The molecule has 2 N–H and O–H groups in total. The molecule has 0 spiro atoms. The van der Waals surface area contributed by atoms with Gasteiger partial charge in [0.1, 0.15) is 0 Å². The quantitative estimate of drug-likeness (QED) is 0.421. The predicted octanol–water partition coefficient (Wildman–Crippen LogP) is 4.76. The third-order valence-corrected chi connectivity index (χ3v) is 5.70. The topological polar surface area (TPSA) is 79.8 Å². The standard InChI is InChI=1S/C25H19ClN4O2/c1-15-2-9-19(10-3-15)30-25(32)21-14-27-22-11-6-17(12-20(22)23(21)29-30)24(31)28-13-16-4-7-18(26)8-5-16/h2-12,14,29H,13H2,1H3,(H,28,31). The Bertz CT molecular complexity index is 1520. The van der Waals surface area contributed by atoms with E-state index in [1.165, 1.54) is 4.68 Å². The monoisotopic (exact) mass is 442 g/mol. The van der Waals surface area contributed by atoms with E-state index in [-0.39, 0.29) is 11.5 Å². The van der Waals surface area contributed by atoms with Gasteiger partial charge in [-0.2, -0.15) is 0 Å². The smallest absolute Gasteiger partial charge is 0.280 e. The fraction of sp³-hybridized carbons (Fsp3) is 0.0800. The van der Waals surface area contributed by atoms with Crippen LogP contribution in [0.1, 0.15) is 21.5 Å². The van der Waals surface area contributed by atoms with E-state index in [0.29, 0.717) is 38.9 Å². The zero-order valence-corrected chi connectivity index (χ0v) is 18.0. The number of hydrogen-bond donors (Lipinski definition) is 2. The van der Waals surface area contributed by atoms with E-state index in [9.17, 15) is 9.59 Å². The average Bonchev–Trinajstić information content (AvgIpc) is 3.15. The number of aryl methyl sites for hydroxylation is 1. The molecule has 7 heteroatoms. The van der Waals surface area contributed by atoms with Crippen LogP contribution in [0.4, 0.5) is 0 Å². The van der Waals surface area contributed by atoms with Gasteiger partial charge in [0.25, 0.3) is 11.5 Å². The van der Waals surface area contributed by atoms with Gasteiger partial charge in [-0.1, -0.05) is 41.4 Å². The zero-order valence-electron chi connectivity index (χ0n) is 17.2. The van der Waals surface area contributed by atoms with Crippen molar-refractivity contribution in [1.29, 1.82) is 0 Å². The maximum absolute atomic E-state index is 13.0. The lowest BCUT2D eigenvalue weighted by molar-refractivity contribution is 0.0951. The number of pyridine rings is 1. The first-order chi connectivity index (χ1) is 15.5. The van der Waals surface area contributed by atoms with E-state index in [0.717, 1.165) is 16.8 Å². The average molecular weight is 443 g/mol. The molecule has 0 aliphatic heterocycles. The Kier molecular flexibility index (Phi) is 4.99. The van der Waals surface area contributed by atoms with E-state index in [2.05, 4.69) is 15.4 Å². The van der Waals surface area contributed by atoms with Crippen molar-refractivity contribution in [3.05, 3.63) is 105 Å². The maximum atomic E-state index is 13.0. The highest BCUT2D eigenvalue weighted by Crippen LogP contribution is 2.22. The van der Waals surface area contributed by atoms with Gasteiger partial charge in [0.15, 0.2) is 0 Å². The molecule has 0 saturated heterocycles. The third kappa shape index (κ3) is 3.65. The van der Waals surface area contributed by atoms with Crippen LogP contribution in [0, 0.1) is 6.92 Å². The summed E-state index contributed by atoms with van der Waals surface area (Å²) in [4.78, 5) is 30.1. The summed E-state index contributed by atoms with van der Waals surface area (Å²) in [6.45, 7) is 2.38. The van der Waals surface area contributed by atoms with Crippen molar-refractivity contribution in [3.8, 4) is 5.69 Å². The van der Waals surface area contributed by atoms with Gasteiger partial charge in [-0.25, -0.2) is 4.68 Å². The lowest BCUT2D eigenvalue weighted by atomic mass is 10.1. The van der Waals surface area contributed by atoms with Crippen molar-refractivity contribution in [1.82, 2.24) is 20.1 Å². The number of amides is 1. The predicted molar refractivity (Wildman–Crippen MR) is 127 cm³/mol. The highest BCUT2D eigenvalue weighted by atomic mass is 35.5. The summed E-state index contributed by atoms with van der Waals surface area (Å²) in [5.41, 5.74) is 4.45. The fourth-order valence-electron chi connectivity index (χ4n) is 3.66. The third-order valence-electron chi connectivity index (χ3n) is 5.45. The second-order valence-electron chi connectivity index (χ2n) is 7.68. The molecule has 6 nitrogen and oxygen atoms in total. The van der Waals surface area contributed by atoms with Crippen molar-refractivity contribution in [2.24, 2.45) is 0 Å². The molecule has 32 heavy (non-hydrogen) atoms. The van der Waals surface area contributed by atoms with Crippen LogP contribution in [-0.2, 0) is 6.54 Å². The molecular weight excluding hydrogens is 424 g/mol. The lowest BCUT2D eigenvalue weighted by Gasteiger charge is -2.07. The maximum Gasteiger partial charge on any atom is 0.280 e. The van der Waals surface area contributed by atoms with Gasteiger partial charge in [-0.3, -0.25) is 19.7 Å². The van der Waals surface area contributed by atoms with E-state index < -0.39 is 0 Å². The normalized spacial score (nSPS) is 11.2. The Morgan fingerprint density at radius 2 is 1.78 bits per heavy atom. The van der Waals surface area contributed by atoms with Crippen molar-refractivity contribution < 1.29 is 4.79 Å². The number of nitrogens with one attached hydrogen (secondary N) is 2. The van der Waals surface area contributed by atoms with Gasteiger partial charge in [0.2, 0.25) is 0 Å². The summed E-state index contributed by atoms with van der Waals surface area (Å²) in [6, 6.07) is 20.3. The SMILES string of the molecule is Cc1ccc(-n2[nH]c3c(cnc4ccc(C(=O)NCc5ccc(Cl)cc5)cc43)c2=O)cc1. The molecular formula is C25H19ClN4O2. The molecule has 158 valence electrons. The number of aromatic nitrogens is 3. The van der Waals surface area contributed by atoms with Crippen molar-refractivity contribution >= 4 is 39.3 Å². The number of benzene rings is 3. The molecule has 0 unspecified atom stereocenters. The molecule has 0 fully saturated rings. The molecule has 0 radical (unpaired) electrons. The summed E-state index contributed by atoms with van der Waals surface area (Å²) in [6.07, 6.45) is 1.57. The van der Waals surface area contributed by atoms with Crippen LogP contribution >= 0.6 is 11.6 Å². The number of hydrogen-bond acceptors (Lipinski definition) is 3. The minimum atomic E-state index is -0.209. The molecule has 0 bridgehead atoms. The van der Waals surface area contributed by atoms with Gasteiger partial charge in [-0.15, -0.1) is 0 Å². The molecule has 2 aromatic heterocycles. The van der Waals surface area contributed by atoms with Gasteiger partial charge in [-0.05, 0) is 55.0 Å². The van der Waals surface area contributed by atoms with Crippen LogP contribution in [0.15, 0.2) is 77.7 Å². The second-order valence-corrected chi connectivity index (χ2v) is 8.11. The summed E-state index contributed by atoms with van der Waals surface area (Å²) < 4.78 is 1.50. The van der Waals surface area contributed by atoms with Crippen molar-refractivity contribution in [3.63, 3.8) is 0 Å². The first kappa shape index (κ1) is 20.0. The zero-order chi connectivity index (χ0) is 22.2. The molecule has 0 aliphatic carbocycles. The van der Waals surface area contributed by atoms with Crippen molar-refractivity contribution in [2.45, 2.75) is 13.5 Å². The summed E-state index contributed by atoms with van der Waals surface area (Å²) in [7, 11) is 0. The second kappa shape index (κ2) is 7.98. The van der Waals surface area contributed by atoms with Crippen LogP contribution in [0.3, 0.4) is 0 Å². The van der Waals surface area contributed by atoms with Crippen LogP contribution in [0.25, 0.3) is 27.5 Å². The summed E-state index contributed by atoms with van der Waals surface area (Å²) in [5, 5.41) is 7.94. The number of fused-ring (bicyclic) bond motifs is 3. The minimum absolute atomic E-state index is 0.184. The number of rotatable bonds is 4. The molecule has 1 amide bonds. The van der Waals surface area contributed by atoms with E-state index >= 15 is 0 Å². The van der Waals surface area contributed by atoms with Crippen LogP contribution in [-0.4, -0.2) is 20.7 Å². The largest absolute Gasteiger partial charge is 0.348 e. The van der Waals surface area contributed by atoms with Gasteiger partial charge >= 0.3 is 0 Å². The van der Waals surface area contributed by atoms with Crippen molar-refractivity contribution in [2.75, 3.05) is 0 Å². The highest BCUT2D eigenvalue weighted by molar-refractivity contribution is 6.30. The Morgan fingerprint density at radius 1 is 1.03 bits per heavy atom. The summed E-state index contributed by atoms with van der Waals surface area (Å²) in [5.74, 6) is -0.209. The van der Waals surface area contributed by atoms with Gasteiger partial charge < -0.3 is 5.32 Å². The Morgan fingerprint density at radius 3 is 2.53 bits per heavy atom.